The summed E-state index contributed by atoms with van der Waals surface area (Å²) in [7, 11) is -3.06. The van der Waals surface area contributed by atoms with E-state index in [0.717, 1.165) is 6.42 Å². The van der Waals surface area contributed by atoms with Crippen molar-refractivity contribution >= 4 is 9.84 Å². The second kappa shape index (κ2) is 5.47. The van der Waals surface area contributed by atoms with Crippen molar-refractivity contribution in [2.24, 2.45) is 5.41 Å². The molecule has 5 heteroatoms. The second-order valence-corrected chi connectivity index (χ2v) is 8.11. The van der Waals surface area contributed by atoms with Gasteiger partial charge in [0.25, 0.3) is 0 Å². The van der Waals surface area contributed by atoms with Crippen LogP contribution in [0.5, 0.6) is 0 Å². The van der Waals surface area contributed by atoms with Crippen molar-refractivity contribution < 1.29 is 13.5 Å². The molecule has 1 atom stereocenters. The van der Waals surface area contributed by atoms with E-state index in [2.05, 4.69) is 5.32 Å². The molecule has 98 valence electrons. The summed E-state index contributed by atoms with van der Waals surface area (Å²) in [6.07, 6.45) is 2.11. The van der Waals surface area contributed by atoms with Crippen LogP contribution in [-0.2, 0) is 9.84 Å². The normalized spacial score (nSPS) is 17.1. The maximum atomic E-state index is 11.5. The fourth-order valence-electron chi connectivity index (χ4n) is 1.09. The highest BCUT2D eigenvalue weighted by Gasteiger charge is 2.30. The van der Waals surface area contributed by atoms with Crippen molar-refractivity contribution in [2.75, 3.05) is 26.0 Å². The van der Waals surface area contributed by atoms with Crippen LogP contribution in [-0.4, -0.2) is 44.2 Å². The average molecular weight is 251 g/mol. The van der Waals surface area contributed by atoms with Crippen LogP contribution in [0.25, 0.3) is 0 Å². The molecule has 16 heavy (non-hydrogen) atoms. The summed E-state index contributed by atoms with van der Waals surface area (Å²) in [5.41, 5.74) is -0.173. The first-order valence-corrected chi connectivity index (χ1v) is 7.48. The highest BCUT2D eigenvalue weighted by atomic mass is 32.2. The molecular weight excluding hydrogens is 226 g/mol. The quantitative estimate of drug-likeness (QED) is 0.702. The van der Waals surface area contributed by atoms with Gasteiger partial charge in [-0.05, 0) is 20.3 Å². The van der Waals surface area contributed by atoms with Gasteiger partial charge >= 0.3 is 0 Å². The molecule has 2 N–H and O–H groups in total. The zero-order chi connectivity index (χ0) is 13.0. The van der Waals surface area contributed by atoms with Crippen molar-refractivity contribution in [3.8, 4) is 0 Å². The van der Waals surface area contributed by atoms with E-state index in [1.165, 1.54) is 6.26 Å². The topological polar surface area (TPSA) is 66.4 Å². The second-order valence-electron chi connectivity index (χ2n) is 5.46. The third-order valence-corrected chi connectivity index (χ3v) is 5.49. The zero-order valence-corrected chi connectivity index (χ0v) is 11.8. The van der Waals surface area contributed by atoms with E-state index in [9.17, 15) is 13.5 Å². The van der Waals surface area contributed by atoms with Gasteiger partial charge in [-0.1, -0.05) is 13.8 Å². The van der Waals surface area contributed by atoms with Gasteiger partial charge in [-0.25, -0.2) is 8.42 Å². The fourth-order valence-corrected chi connectivity index (χ4v) is 1.45. The van der Waals surface area contributed by atoms with E-state index in [1.54, 1.807) is 13.8 Å². The van der Waals surface area contributed by atoms with Crippen molar-refractivity contribution in [3.63, 3.8) is 0 Å². The number of sulfone groups is 1. The van der Waals surface area contributed by atoms with Gasteiger partial charge in [0.05, 0.1) is 4.75 Å². The van der Waals surface area contributed by atoms with Crippen LogP contribution in [0.3, 0.4) is 0 Å². The molecule has 0 bridgehead atoms. The Morgan fingerprint density at radius 3 is 2.00 bits per heavy atom. The Morgan fingerprint density at radius 2 is 1.69 bits per heavy atom. The Labute approximate surface area is 99.4 Å². The predicted molar refractivity (Wildman–Crippen MR) is 67.3 cm³/mol. The number of aliphatic hydroxyl groups excluding tert-OH is 1. The van der Waals surface area contributed by atoms with Gasteiger partial charge in [-0.2, -0.15) is 0 Å². The van der Waals surface area contributed by atoms with Gasteiger partial charge < -0.3 is 10.4 Å². The molecule has 4 nitrogen and oxygen atoms in total. The lowest BCUT2D eigenvalue weighted by molar-refractivity contribution is 0.135. The molecule has 0 amide bonds. The largest absolute Gasteiger partial charge is 0.396 e. The summed E-state index contributed by atoms with van der Waals surface area (Å²) in [5, 5.41) is 12.4. The predicted octanol–water partition coefficient (Wildman–Crippen LogP) is 0.808. The zero-order valence-electron chi connectivity index (χ0n) is 11.0. The highest BCUT2D eigenvalue weighted by molar-refractivity contribution is 7.92. The number of rotatable bonds is 7. The minimum Gasteiger partial charge on any atom is -0.396 e. The number of hydrogen-bond acceptors (Lipinski definition) is 4. The van der Waals surface area contributed by atoms with Crippen LogP contribution in [0.15, 0.2) is 0 Å². The number of hydrogen-bond donors (Lipinski definition) is 2. The summed E-state index contributed by atoms with van der Waals surface area (Å²) in [4.78, 5) is 0. The lowest BCUT2D eigenvalue weighted by Gasteiger charge is -2.29. The smallest absolute Gasteiger partial charge is 0.153 e. The molecule has 0 saturated carbocycles. The monoisotopic (exact) mass is 251 g/mol. The van der Waals surface area contributed by atoms with E-state index in [1.807, 2.05) is 13.8 Å². The molecule has 0 fully saturated rings. The first-order valence-electron chi connectivity index (χ1n) is 5.59. The van der Waals surface area contributed by atoms with E-state index < -0.39 is 14.6 Å². The third kappa shape index (κ3) is 4.39. The minimum absolute atomic E-state index is 0.107. The molecular formula is C11H25NO3S. The Bertz CT molecular complexity index is 305. The van der Waals surface area contributed by atoms with E-state index >= 15 is 0 Å². The van der Waals surface area contributed by atoms with Crippen LogP contribution in [0.1, 0.15) is 34.1 Å². The standard InChI is InChI=1S/C11H25NO3S/c1-6-11(4,9-13)8-12-7-10(2,3)16(5,14)15/h12-13H,6-9H2,1-5H3. The van der Waals surface area contributed by atoms with Gasteiger partial charge in [-0.3, -0.25) is 0 Å². The van der Waals surface area contributed by atoms with Crippen molar-refractivity contribution in [1.82, 2.24) is 5.32 Å². The molecule has 0 aromatic heterocycles. The molecule has 0 rings (SSSR count). The Morgan fingerprint density at radius 1 is 1.19 bits per heavy atom. The molecule has 1 unspecified atom stereocenters. The Hall–Kier alpha value is -0.130. The summed E-state index contributed by atoms with van der Waals surface area (Å²) in [6.45, 7) is 8.54. The summed E-state index contributed by atoms with van der Waals surface area (Å²) >= 11 is 0. The van der Waals surface area contributed by atoms with E-state index in [-0.39, 0.29) is 12.0 Å². The van der Waals surface area contributed by atoms with Gasteiger partial charge in [0.1, 0.15) is 0 Å². The van der Waals surface area contributed by atoms with E-state index in [0.29, 0.717) is 13.1 Å². The number of nitrogens with one attached hydrogen (secondary N) is 1. The minimum atomic E-state index is -3.06. The SMILES string of the molecule is CCC(C)(CO)CNCC(C)(C)S(C)(=O)=O. The lowest BCUT2D eigenvalue weighted by Crippen LogP contribution is -2.45. The van der Waals surface area contributed by atoms with Crippen molar-refractivity contribution in [3.05, 3.63) is 0 Å². The summed E-state index contributed by atoms with van der Waals surface area (Å²) in [5.74, 6) is 0. The Balaban J connectivity index is 4.29. The van der Waals surface area contributed by atoms with Crippen LogP contribution in [0.4, 0.5) is 0 Å². The maximum Gasteiger partial charge on any atom is 0.153 e. The lowest BCUT2D eigenvalue weighted by atomic mass is 9.88. The molecule has 0 aromatic rings. The Kier molecular flexibility index (Phi) is 5.42. The van der Waals surface area contributed by atoms with Crippen LogP contribution in [0.2, 0.25) is 0 Å². The molecule has 0 aromatic carbocycles. The molecule has 0 radical (unpaired) electrons. The summed E-state index contributed by atoms with van der Waals surface area (Å²) in [6, 6.07) is 0. The van der Waals surface area contributed by atoms with Gasteiger partial charge in [-0.15, -0.1) is 0 Å². The first kappa shape index (κ1) is 15.9. The van der Waals surface area contributed by atoms with Crippen molar-refractivity contribution in [1.29, 1.82) is 0 Å². The fraction of sp³-hybridized carbons (Fsp3) is 1.00. The van der Waals surface area contributed by atoms with Crippen LogP contribution >= 0.6 is 0 Å². The van der Waals surface area contributed by atoms with Gasteiger partial charge in [0.15, 0.2) is 9.84 Å². The molecule has 0 aliphatic carbocycles. The molecule has 0 heterocycles. The maximum absolute atomic E-state index is 11.5. The van der Waals surface area contributed by atoms with Gasteiger partial charge in [0, 0.05) is 31.4 Å². The highest BCUT2D eigenvalue weighted by Crippen LogP contribution is 2.19. The molecule has 0 aliphatic heterocycles. The van der Waals surface area contributed by atoms with Crippen LogP contribution < -0.4 is 5.32 Å². The third-order valence-electron chi connectivity index (χ3n) is 3.34. The van der Waals surface area contributed by atoms with Crippen LogP contribution in [0, 0.1) is 5.41 Å². The molecule has 0 spiro atoms. The van der Waals surface area contributed by atoms with Gasteiger partial charge in [0.2, 0.25) is 0 Å². The first-order chi connectivity index (χ1) is 7.08. The van der Waals surface area contributed by atoms with Crippen molar-refractivity contribution in [2.45, 2.75) is 38.9 Å². The molecule has 0 saturated heterocycles. The average Bonchev–Trinajstić information content (AvgIpc) is 2.15. The number of aliphatic hydroxyl groups is 1. The van der Waals surface area contributed by atoms with E-state index in [4.69, 9.17) is 0 Å². The molecule has 0 aliphatic rings. The summed E-state index contributed by atoms with van der Waals surface area (Å²) < 4.78 is 22.1.